The molecule has 140 valence electrons. The molecule has 3 aromatic rings. The van der Waals surface area contributed by atoms with Crippen molar-refractivity contribution in [2.24, 2.45) is 5.16 Å². The van der Waals surface area contributed by atoms with E-state index >= 15 is 0 Å². The highest BCUT2D eigenvalue weighted by Crippen LogP contribution is 2.40. The largest absolute Gasteiger partial charge is 0.493 e. The Labute approximate surface area is 155 Å². The van der Waals surface area contributed by atoms with Crippen molar-refractivity contribution in [3.05, 3.63) is 47.3 Å². The minimum atomic E-state index is 0.123. The summed E-state index contributed by atoms with van der Waals surface area (Å²) in [6, 6.07) is 7.17. The van der Waals surface area contributed by atoms with Gasteiger partial charge in [-0.3, -0.25) is 0 Å². The van der Waals surface area contributed by atoms with Gasteiger partial charge >= 0.3 is 0 Å². The predicted octanol–water partition coefficient (Wildman–Crippen LogP) is 2.32. The Morgan fingerprint density at radius 3 is 2.70 bits per heavy atom. The van der Waals surface area contributed by atoms with Gasteiger partial charge in [-0.15, -0.1) is 0 Å². The van der Waals surface area contributed by atoms with Crippen molar-refractivity contribution in [2.45, 2.75) is 6.42 Å². The Bertz CT molecular complexity index is 984. The Kier molecular flexibility index (Phi) is 5.11. The van der Waals surface area contributed by atoms with Gasteiger partial charge in [-0.05, 0) is 29.8 Å². The number of nitrogen functional groups attached to an aromatic ring is 2. The molecule has 0 amide bonds. The molecule has 0 bridgehead atoms. The van der Waals surface area contributed by atoms with Crippen LogP contribution in [-0.4, -0.2) is 35.6 Å². The summed E-state index contributed by atoms with van der Waals surface area (Å²) in [6.07, 6.45) is 3.26. The fourth-order valence-electron chi connectivity index (χ4n) is 2.72. The summed E-state index contributed by atoms with van der Waals surface area (Å²) < 4.78 is 16.7. The van der Waals surface area contributed by atoms with E-state index in [0.717, 1.165) is 11.1 Å². The number of methoxy groups -OCH3 is 2. The summed E-state index contributed by atoms with van der Waals surface area (Å²) in [4.78, 5) is 7.97. The third-order valence-corrected chi connectivity index (χ3v) is 3.93. The van der Waals surface area contributed by atoms with Gasteiger partial charge in [0.2, 0.25) is 5.95 Å². The fourth-order valence-corrected chi connectivity index (χ4v) is 2.72. The quantitative estimate of drug-likeness (QED) is 0.341. The van der Waals surface area contributed by atoms with Gasteiger partial charge in [0, 0.05) is 18.2 Å². The van der Waals surface area contributed by atoms with Crippen LogP contribution >= 0.6 is 0 Å². The number of benzene rings is 1. The number of hydrogen-bond donors (Lipinski definition) is 3. The molecule has 0 saturated carbocycles. The third kappa shape index (κ3) is 3.76. The molecule has 2 aromatic heterocycles. The van der Waals surface area contributed by atoms with Crippen LogP contribution in [0.25, 0.3) is 11.3 Å². The van der Waals surface area contributed by atoms with Crippen LogP contribution in [0.15, 0.2) is 40.0 Å². The highest BCUT2D eigenvalue weighted by Gasteiger charge is 2.18. The Hall–Kier alpha value is -3.75. The van der Waals surface area contributed by atoms with Crippen molar-refractivity contribution in [1.29, 1.82) is 0 Å². The van der Waals surface area contributed by atoms with E-state index < -0.39 is 0 Å². The first-order chi connectivity index (χ1) is 13.0. The number of oxime groups is 1. The number of furan rings is 1. The first kappa shape index (κ1) is 18.1. The maximum absolute atomic E-state index is 8.67. The number of aromatic nitrogens is 2. The molecule has 0 unspecified atom stereocenters. The van der Waals surface area contributed by atoms with Crippen molar-refractivity contribution in [3.63, 3.8) is 0 Å². The molecule has 2 heterocycles. The average Bonchev–Trinajstić information content (AvgIpc) is 3.12. The molecule has 0 aliphatic carbocycles. The SMILES string of the molecule is COc1cc(Cc2cnc(N)nc2N)cc(-c2ccc(/C=N/O)o2)c1OC. The summed E-state index contributed by atoms with van der Waals surface area (Å²) in [7, 11) is 3.10. The van der Waals surface area contributed by atoms with Crippen molar-refractivity contribution in [2.75, 3.05) is 25.7 Å². The summed E-state index contributed by atoms with van der Waals surface area (Å²) in [6.45, 7) is 0. The molecule has 0 fully saturated rings. The van der Waals surface area contributed by atoms with Crippen LogP contribution in [-0.2, 0) is 6.42 Å². The van der Waals surface area contributed by atoms with E-state index in [2.05, 4.69) is 15.1 Å². The molecular formula is C18H19N5O4. The summed E-state index contributed by atoms with van der Waals surface area (Å²) in [5.41, 5.74) is 13.8. The van der Waals surface area contributed by atoms with E-state index in [1.165, 1.54) is 6.21 Å². The number of rotatable bonds is 6. The average molecular weight is 369 g/mol. The Morgan fingerprint density at radius 1 is 1.22 bits per heavy atom. The van der Waals surface area contributed by atoms with Crippen LogP contribution in [0.3, 0.4) is 0 Å². The normalized spacial score (nSPS) is 11.0. The maximum atomic E-state index is 8.67. The highest BCUT2D eigenvalue weighted by atomic mass is 16.5. The van der Waals surface area contributed by atoms with Gasteiger partial charge in [0.1, 0.15) is 23.6 Å². The molecule has 27 heavy (non-hydrogen) atoms. The van der Waals surface area contributed by atoms with Gasteiger partial charge in [0.25, 0.3) is 0 Å². The predicted molar refractivity (Wildman–Crippen MR) is 100 cm³/mol. The summed E-state index contributed by atoms with van der Waals surface area (Å²) in [5, 5.41) is 11.6. The second kappa shape index (κ2) is 7.65. The molecule has 1 aromatic carbocycles. The summed E-state index contributed by atoms with van der Waals surface area (Å²) in [5.74, 6) is 2.42. The van der Waals surface area contributed by atoms with Crippen LogP contribution in [0.1, 0.15) is 16.9 Å². The van der Waals surface area contributed by atoms with E-state index in [4.69, 9.17) is 30.6 Å². The second-order valence-corrected chi connectivity index (χ2v) is 5.64. The molecule has 0 spiro atoms. The monoisotopic (exact) mass is 369 g/mol. The van der Waals surface area contributed by atoms with E-state index in [1.54, 1.807) is 32.5 Å². The van der Waals surface area contributed by atoms with Crippen LogP contribution in [0.2, 0.25) is 0 Å². The van der Waals surface area contributed by atoms with Crippen molar-refractivity contribution in [3.8, 4) is 22.8 Å². The highest BCUT2D eigenvalue weighted by molar-refractivity contribution is 5.78. The van der Waals surface area contributed by atoms with Crippen LogP contribution in [0, 0.1) is 0 Å². The number of ether oxygens (including phenoxy) is 2. The molecule has 0 saturated heterocycles. The van der Waals surface area contributed by atoms with Gasteiger partial charge in [0.15, 0.2) is 11.5 Å². The molecule has 5 N–H and O–H groups in total. The van der Waals surface area contributed by atoms with Gasteiger partial charge in [0.05, 0.1) is 19.8 Å². The smallest absolute Gasteiger partial charge is 0.221 e. The standard InChI is InChI=1S/C18H19N5O4/c1-25-15-7-10(5-11-8-21-18(20)23-17(11)19)6-13(16(15)26-2)14-4-3-12(27-14)9-22-24/h3-4,6-9,24H,5H2,1-2H3,(H4,19,20,21,23)/b22-9+. The lowest BCUT2D eigenvalue weighted by atomic mass is 10.0. The molecule has 9 heteroatoms. The van der Waals surface area contributed by atoms with Crippen LogP contribution in [0.4, 0.5) is 11.8 Å². The van der Waals surface area contributed by atoms with Gasteiger partial charge < -0.3 is 30.6 Å². The number of anilines is 2. The van der Waals surface area contributed by atoms with Gasteiger partial charge in [-0.2, -0.15) is 4.98 Å². The zero-order chi connectivity index (χ0) is 19.4. The number of nitrogens with two attached hydrogens (primary N) is 2. The first-order valence-corrected chi connectivity index (χ1v) is 7.95. The number of nitrogens with zero attached hydrogens (tertiary/aromatic N) is 3. The van der Waals surface area contributed by atoms with E-state index in [9.17, 15) is 0 Å². The Balaban J connectivity index is 2.07. The molecule has 3 rings (SSSR count). The lowest BCUT2D eigenvalue weighted by Crippen LogP contribution is -2.04. The zero-order valence-corrected chi connectivity index (χ0v) is 14.8. The molecule has 0 aliphatic rings. The molecule has 0 atom stereocenters. The van der Waals surface area contributed by atoms with E-state index in [1.807, 2.05) is 12.1 Å². The Morgan fingerprint density at radius 2 is 2.04 bits per heavy atom. The first-order valence-electron chi connectivity index (χ1n) is 7.95. The van der Waals surface area contributed by atoms with Crippen molar-refractivity contribution < 1.29 is 19.1 Å². The summed E-state index contributed by atoms with van der Waals surface area (Å²) >= 11 is 0. The fraction of sp³-hybridized carbons (Fsp3) is 0.167. The van der Waals surface area contributed by atoms with Gasteiger partial charge in [-0.25, -0.2) is 4.98 Å². The second-order valence-electron chi connectivity index (χ2n) is 5.64. The minimum absolute atomic E-state index is 0.123. The lowest BCUT2D eigenvalue weighted by molar-refractivity contribution is 0.320. The lowest BCUT2D eigenvalue weighted by Gasteiger charge is -2.14. The molecule has 9 nitrogen and oxygen atoms in total. The maximum Gasteiger partial charge on any atom is 0.221 e. The van der Waals surface area contributed by atoms with Crippen LogP contribution in [0.5, 0.6) is 11.5 Å². The van der Waals surface area contributed by atoms with E-state index in [-0.39, 0.29) is 5.95 Å². The van der Waals surface area contributed by atoms with Crippen molar-refractivity contribution >= 4 is 18.0 Å². The van der Waals surface area contributed by atoms with Crippen molar-refractivity contribution in [1.82, 2.24) is 9.97 Å². The zero-order valence-electron chi connectivity index (χ0n) is 14.8. The third-order valence-electron chi connectivity index (χ3n) is 3.93. The topological polar surface area (TPSA) is 142 Å². The van der Waals surface area contributed by atoms with Crippen LogP contribution < -0.4 is 20.9 Å². The molecular weight excluding hydrogens is 350 g/mol. The molecule has 0 radical (unpaired) electrons. The van der Waals surface area contributed by atoms with Gasteiger partial charge in [-0.1, -0.05) is 5.16 Å². The minimum Gasteiger partial charge on any atom is -0.493 e. The van der Waals surface area contributed by atoms with E-state index in [0.29, 0.717) is 40.8 Å². The molecule has 0 aliphatic heterocycles. The number of hydrogen-bond acceptors (Lipinski definition) is 9.